The molecule has 132 valence electrons. The Balaban J connectivity index is 1.46. The van der Waals surface area contributed by atoms with Crippen molar-refractivity contribution in [2.75, 3.05) is 6.54 Å². The second-order valence-electron chi connectivity index (χ2n) is 5.79. The Labute approximate surface area is 154 Å². The fraction of sp³-hybridized carbons (Fsp3) is 0.353. The number of aryl methyl sites for hydroxylation is 2. The van der Waals surface area contributed by atoms with Gasteiger partial charge >= 0.3 is 0 Å². The molecule has 3 aromatic rings. The van der Waals surface area contributed by atoms with E-state index in [4.69, 9.17) is 4.42 Å². The van der Waals surface area contributed by atoms with Crippen molar-refractivity contribution in [3.8, 4) is 0 Å². The van der Waals surface area contributed by atoms with Gasteiger partial charge in [-0.25, -0.2) is 0 Å². The Morgan fingerprint density at radius 2 is 2.20 bits per heavy atom. The zero-order valence-electron chi connectivity index (χ0n) is 14.2. The highest BCUT2D eigenvalue weighted by atomic mass is 79.9. The van der Waals surface area contributed by atoms with Crippen LogP contribution in [0.15, 0.2) is 39.5 Å². The molecule has 0 saturated heterocycles. The van der Waals surface area contributed by atoms with E-state index in [1.165, 1.54) is 0 Å². The van der Waals surface area contributed by atoms with E-state index in [0.717, 1.165) is 28.8 Å². The van der Waals surface area contributed by atoms with Gasteiger partial charge < -0.3 is 9.73 Å². The average Bonchev–Trinajstić information content (AvgIpc) is 3.32. The van der Waals surface area contributed by atoms with E-state index >= 15 is 0 Å². The maximum atomic E-state index is 12.1. The minimum Gasteiger partial charge on any atom is -0.454 e. The molecule has 0 unspecified atom stereocenters. The Bertz CT molecular complexity index is 851. The number of aromatic nitrogens is 4. The molecular weight excluding hydrogens is 386 g/mol. The average molecular weight is 406 g/mol. The van der Waals surface area contributed by atoms with Crippen LogP contribution in [-0.2, 0) is 13.1 Å². The van der Waals surface area contributed by atoms with Crippen LogP contribution in [-0.4, -0.2) is 32.0 Å². The largest absolute Gasteiger partial charge is 0.454 e. The highest BCUT2D eigenvalue weighted by molar-refractivity contribution is 9.10. The molecule has 25 heavy (non-hydrogen) atoms. The fourth-order valence-electron chi connectivity index (χ4n) is 2.55. The van der Waals surface area contributed by atoms with Crippen molar-refractivity contribution in [2.24, 2.45) is 0 Å². The molecule has 0 saturated carbocycles. The maximum absolute atomic E-state index is 12.1. The first-order chi connectivity index (χ1) is 12.0. The standard InChI is InChI=1S/C17H20BrN5O2/c1-12-16(18)13(2)23(21-12)10-3-7-19-17(24)15-6-5-14(25-15)11-22-9-4-8-20-22/h4-6,8-9H,3,7,10-11H2,1-2H3,(H,19,24). The molecular formula is C17H20BrN5O2. The lowest BCUT2D eigenvalue weighted by molar-refractivity contribution is 0.0923. The topological polar surface area (TPSA) is 77.9 Å². The molecule has 7 nitrogen and oxygen atoms in total. The summed E-state index contributed by atoms with van der Waals surface area (Å²) in [5.41, 5.74) is 2.07. The number of rotatable bonds is 7. The molecule has 0 aliphatic carbocycles. The zero-order chi connectivity index (χ0) is 17.8. The van der Waals surface area contributed by atoms with Crippen molar-refractivity contribution in [3.05, 3.63) is 58.0 Å². The van der Waals surface area contributed by atoms with E-state index < -0.39 is 0 Å². The lowest BCUT2D eigenvalue weighted by atomic mass is 10.3. The second-order valence-corrected chi connectivity index (χ2v) is 6.58. The molecule has 0 spiro atoms. The first-order valence-corrected chi connectivity index (χ1v) is 8.87. The Kier molecular flexibility index (Phi) is 5.37. The normalized spacial score (nSPS) is 11.0. The van der Waals surface area contributed by atoms with Crippen LogP contribution in [0.4, 0.5) is 0 Å². The quantitative estimate of drug-likeness (QED) is 0.612. The lowest BCUT2D eigenvalue weighted by Gasteiger charge is -2.06. The summed E-state index contributed by atoms with van der Waals surface area (Å²) < 4.78 is 10.3. The van der Waals surface area contributed by atoms with Crippen LogP contribution in [0.5, 0.6) is 0 Å². The van der Waals surface area contributed by atoms with Crippen molar-refractivity contribution in [1.29, 1.82) is 0 Å². The van der Waals surface area contributed by atoms with E-state index in [-0.39, 0.29) is 5.91 Å². The third kappa shape index (κ3) is 4.19. The van der Waals surface area contributed by atoms with Crippen LogP contribution >= 0.6 is 15.9 Å². The predicted octanol–water partition coefficient (Wildman–Crippen LogP) is 2.92. The highest BCUT2D eigenvalue weighted by Gasteiger charge is 2.12. The number of nitrogens with one attached hydrogen (secondary N) is 1. The number of carbonyl (C=O) groups excluding carboxylic acids is 1. The second kappa shape index (κ2) is 7.69. The summed E-state index contributed by atoms with van der Waals surface area (Å²) in [5.74, 6) is 0.804. The zero-order valence-corrected chi connectivity index (χ0v) is 15.8. The molecule has 3 heterocycles. The summed E-state index contributed by atoms with van der Waals surface area (Å²) in [5, 5.41) is 11.4. The van der Waals surface area contributed by atoms with E-state index in [1.54, 1.807) is 23.0 Å². The minimum atomic E-state index is -0.207. The van der Waals surface area contributed by atoms with Crippen molar-refractivity contribution in [2.45, 2.75) is 33.4 Å². The van der Waals surface area contributed by atoms with Crippen LogP contribution in [0.25, 0.3) is 0 Å². The molecule has 0 atom stereocenters. The summed E-state index contributed by atoms with van der Waals surface area (Å²) in [4.78, 5) is 12.1. The SMILES string of the molecule is Cc1nn(CCCNC(=O)c2ccc(Cn3cccn3)o2)c(C)c1Br. The molecule has 3 aromatic heterocycles. The number of halogens is 1. The molecule has 0 fully saturated rings. The van der Waals surface area contributed by atoms with Gasteiger partial charge in [-0.1, -0.05) is 0 Å². The summed E-state index contributed by atoms with van der Waals surface area (Å²) >= 11 is 3.51. The van der Waals surface area contributed by atoms with Crippen molar-refractivity contribution < 1.29 is 9.21 Å². The summed E-state index contributed by atoms with van der Waals surface area (Å²) in [6.07, 6.45) is 4.35. The number of hydrogen-bond donors (Lipinski definition) is 1. The Morgan fingerprint density at radius 1 is 1.36 bits per heavy atom. The van der Waals surface area contributed by atoms with Gasteiger partial charge in [0.2, 0.25) is 0 Å². The molecule has 1 N–H and O–H groups in total. The first-order valence-electron chi connectivity index (χ1n) is 8.08. The number of furan rings is 1. The van der Waals surface area contributed by atoms with Gasteiger partial charge in [0.05, 0.1) is 16.7 Å². The molecule has 0 radical (unpaired) electrons. The molecule has 0 aliphatic heterocycles. The van der Waals surface area contributed by atoms with E-state index in [2.05, 4.69) is 31.4 Å². The van der Waals surface area contributed by atoms with Crippen LogP contribution in [0.3, 0.4) is 0 Å². The van der Waals surface area contributed by atoms with Gasteiger partial charge in [-0.3, -0.25) is 14.2 Å². The monoisotopic (exact) mass is 405 g/mol. The number of carbonyl (C=O) groups is 1. The third-order valence-electron chi connectivity index (χ3n) is 3.89. The van der Waals surface area contributed by atoms with Gasteiger partial charge in [-0.05, 0) is 54.4 Å². The molecule has 0 aliphatic rings. The molecule has 0 bridgehead atoms. The van der Waals surface area contributed by atoms with E-state index in [0.29, 0.717) is 24.6 Å². The van der Waals surface area contributed by atoms with Gasteiger partial charge in [0.25, 0.3) is 5.91 Å². The van der Waals surface area contributed by atoms with Gasteiger partial charge in [-0.2, -0.15) is 10.2 Å². The van der Waals surface area contributed by atoms with Gasteiger partial charge in [0, 0.05) is 31.2 Å². The Morgan fingerprint density at radius 3 is 2.88 bits per heavy atom. The summed E-state index contributed by atoms with van der Waals surface area (Å²) in [6, 6.07) is 5.33. The van der Waals surface area contributed by atoms with Gasteiger partial charge in [-0.15, -0.1) is 0 Å². The maximum Gasteiger partial charge on any atom is 0.286 e. The van der Waals surface area contributed by atoms with E-state index in [9.17, 15) is 4.79 Å². The van der Waals surface area contributed by atoms with Gasteiger partial charge in [0.15, 0.2) is 5.76 Å². The smallest absolute Gasteiger partial charge is 0.286 e. The Hall–Kier alpha value is -2.35. The predicted molar refractivity (Wildman–Crippen MR) is 96.4 cm³/mol. The third-order valence-corrected chi connectivity index (χ3v) is 5.04. The van der Waals surface area contributed by atoms with Crippen molar-refractivity contribution >= 4 is 21.8 Å². The van der Waals surface area contributed by atoms with Gasteiger partial charge in [0.1, 0.15) is 5.76 Å². The van der Waals surface area contributed by atoms with Crippen LogP contribution in [0.1, 0.15) is 34.1 Å². The van der Waals surface area contributed by atoms with Crippen molar-refractivity contribution in [1.82, 2.24) is 24.9 Å². The molecule has 0 aromatic carbocycles. The number of hydrogen-bond acceptors (Lipinski definition) is 4. The van der Waals surface area contributed by atoms with Crippen LogP contribution in [0.2, 0.25) is 0 Å². The number of amides is 1. The highest BCUT2D eigenvalue weighted by Crippen LogP contribution is 2.19. The molecule has 3 rings (SSSR count). The van der Waals surface area contributed by atoms with Crippen LogP contribution < -0.4 is 5.32 Å². The van der Waals surface area contributed by atoms with Crippen molar-refractivity contribution in [3.63, 3.8) is 0 Å². The molecule has 1 amide bonds. The fourth-order valence-corrected chi connectivity index (χ4v) is 2.83. The summed E-state index contributed by atoms with van der Waals surface area (Å²) in [7, 11) is 0. The van der Waals surface area contributed by atoms with Crippen LogP contribution in [0, 0.1) is 13.8 Å². The first kappa shape index (κ1) is 17.5. The number of nitrogens with zero attached hydrogens (tertiary/aromatic N) is 4. The summed E-state index contributed by atoms with van der Waals surface area (Å²) in [6.45, 7) is 5.80. The minimum absolute atomic E-state index is 0.207. The van der Waals surface area contributed by atoms with E-state index in [1.807, 2.05) is 30.8 Å². The lowest BCUT2D eigenvalue weighted by Crippen LogP contribution is -2.25. The molecule has 8 heteroatoms.